The molecule has 1 aliphatic heterocycles. The number of amides is 1. The SMILES string of the molecule is Nc1cc(C(=O)NC2CCNCC2)n[nH]1. The van der Waals surface area contributed by atoms with Gasteiger partial charge in [-0.05, 0) is 25.9 Å². The molecule has 82 valence electrons. The Bertz CT molecular complexity index is 342. The van der Waals surface area contributed by atoms with Gasteiger partial charge in [-0.2, -0.15) is 5.10 Å². The molecular weight excluding hydrogens is 194 g/mol. The maximum Gasteiger partial charge on any atom is 0.272 e. The van der Waals surface area contributed by atoms with Crippen molar-refractivity contribution in [3.63, 3.8) is 0 Å². The van der Waals surface area contributed by atoms with E-state index in [1.807, 2.05) is 0 Å². The number of nitrogens with one attached hydrogen (secondary N) is 3. The second-order valence-corrected chi connectivity index (χ2v) is 3.71. The molecule has 1 aromatic rings. The Morgan fingerprint density at radius 2 is 2.27 bits per heavy atom. The van der Waals surface area contributed by atoms with Gasteiger partial charge in [0.15, 0.2) is 5.69 Å². The monoisotopic (exact) mass is 209 g/mol. The summed E-state index contributed by atoms with van der Waals surface area (Å²) in [7, 11) is 0. The van der Waals surface area contributed by atoms with Crippen LogP contribution in [-0.2, 0) is 0 Å². The minimum Gasteiger partial charge on any atom is -0.384 e. The van der Waals surface area contributed by atoms with Crippen LogP contribution >= 0.6 is 0 Å². The maximum atomic E-state index is 11.7. The van der Waals surface area contributed by atoms with Crippen molar-refractivity contribution in [1.82, 2.24) is 20.8 Å². The van der Waals surface area contributed by atoms with Gasteiger partial charge < -0.3 is 16.4 Å². The molecule has 0 saturated carbocycles. The molecule has 0 bridgehead atoms. The van der Waals surface area contributed by atoms with Gasteiger partial charge in [0.1, 0.15) is 5.82 Å². The number of hydrogen-bond donors (Lipinski definition) is 4. The Hall–Kier alpha value is -1.56. The summed E-state index contributed by atoms with van der Waals surface area (Å²) in [6.07, 6.45) is 1.93. The summed E-state index contributed by atoms with van der Waals surface area (Å²) < 4.78 is 0. The highest BCUT2D eigenvalue weighted by Crippen LogP contribution is 2.05. The molecule has 2 heterocycles. The summed E-state index contributed by atoms with van der Waals surface area (Å²) in [5.41, 5.74) is 5.79. The molecule has 0 aromatic carbocycles. The fraction of sp³-hybridized carbons (Fsp3) is 0.556. The Labute approximate surface area is 87.6 Å². The first-order valence-electron chi connectivity index (χ1n) is 5.08. The first kappa shape index (κ1) is 9.97. The van der Waals surface area contributed by atoms with E-state index in [0.717, 1.165) is 25.9 Å². The molecule has 0 aliphatic carbocycles. The molecule has 0 atom stereocenters. The quantitative estimate of drug-likeness (QED) is 0.526. The van der Waals surface area contributed by atoms with Crippen molar-refractivity contribution in [3.05, 3.63) is 11.8 Å². The number of hydrogen-bond acceptors (Lipinski definition) is 4. The van der Waals surface area contributed by atoms with Crippen LogP contribution in [0.25, 0.3) is 0 Å². The lowest BCUT2D eigenvalue weighted by Gasteiger charge is -2.23. The predicted molar refractivity (Wildman–Crippen MR) is 56.4 cm³/mol. The Balaban J connectivity index is 1.91. The minimum atomic E-state index is -0.158. The zero-order chi connectivity index (χ0) is 10.7. The molecule has 6 nitrogen and oxygen atoms in total. The number of aromatic nitrogens is 2. The average molecular weight is 209 g/mol. The number of rotatable bonds is 2. The number of carbonyl (C=O) groups excluding carboxylic acids is 1. The lowest BCUT2D eigenvalue weighted by molar-refractivity contribution is 0.0924. The van der Waals surface area contributed by atoms with Crippen molar-refractivity contribution in [2.24, 2.45) is 0 Å². The zero-order valence-corrected chi connectivity index (χ0v) is 8.42. The normalized spacial score (nSPS) is 17.6. The molecule has 1 fully saturated rings. The van der Waals surface area contributed by atoms with Gasteiger partial charge in [-0.15, -0.1) is 0 Å². The highest BCUT2D eigenvalue weighted by Gasteiger charge is 2.17. The van der Waals surface area contributed by atoms with E-state index >= 15 is 0 Å². The van der Waals surface area contributed by atoms with Gasteiger partial charge in [-0.25, -0.2) is 0 Å². The van der Waals surface area contributed by atoms with E-state index < -0.39 is 0 Å². The summed E-state index contributed by atoms with van der Waals surface area (Å²) in [4.78, 5) is 11.7. The smallest absolute Gasteiger partial charge is 0.272 e. The largest absolute Gasteiger partial charge is 0.384 e. The number of anilines is 1. The van der Waals surface area contributed by atoms with Gasteiger partial charge >= 0.3 is 0 Å². The average Bonchev–Trinajstić information content (AvgIpc) is 2.66. The van der Waals surface area contributed by atoms with E-state index in [2.05, 4.69) is 20.8 Å². The second kappa shape index (κ2) is 4.31. The molecule has 2 rings (SSSR count). The first-order valence-corrected chi connectivity index (χ1v) is 5.08. The number of H-pyrrole nitrogens is 1. The molecule has 1 aliphatic rings. The molecule has 0 unspecified atom stereocenters. The summed E-state index contributed by atoms with van der Waals surface area (Å²) >= 11 is 0. The Morgan fingerprint density at radius 3 is 2.87 bits per heavy atom. The van der Waals surface area contributed by atoms with E-state index in [4.69, 9.17) is 5.73 Å². The number of carbonyl (C=O) groups is 1. The zero-order valence-electron chi connectivity index (χ0n) is 8.42. The van der Waals surface area contributed by atoms with E-state index in [1.165, 1.54) is 6.07 Å². The van der Waals surface area contributed by atoms with Crippen LogP contribution in [0.2, 0.25) is 0 Å². The Kier molecular flexibility index (Phi) is 2.86. The third-order valence-electron chi connectivity index (χ3n) is 2.50. The lowest BCUT2D eigenvalue weighted by atomic mass is 10.1. The van der Waals surface area contributed by atoms with E-state index in [1.54, 1.807) is 0 Å². The third kappa shape index (κ3) is 2.47. The van der Waals surface area contributed by atoms with Gasteiger partial charge in [0.25, 0.3) is 5.91 Å². The van der Waals surface area contributed by atoms with Gasteiger partial charge in [0, 0.05) is 12.1 Å². The number of nitrogens with zero attached hydrogens (tertiary/aromatic N) is 1. The van der Waals surface area contributed by atoms with Crippen molar-refractivity contribution >= 4 is 11.7 Å². The lowest BCUT2D eigenvalue weighted by Crippen LogP contribution is -2.42. The van der Waals surface area contributed by atoms with Gasteiger partial charge in [0.2, 0.25) is 0 Å². The summed E-state index contributed by atoms with van der Waals surface area (Å²) in [6, 6.07) is 1.79. The summed E-state index contributed by atoms with van der Waals surface area (Å²) in [6.45, 7) is 1.90. The van der Waals surface area contributed by atoms with Crippen LogP contribution in [0.5, 0.6) is 0 Å². The molecule has 1 aromatic heterocycles. The first-order chi connectivity index (χ1) is 7.25. The molecule has 6 heteroatoms. The topological polar surface area (TPSA) is 95.8 Å². The van der Waals surface area contributed by atoms with Crippen molar-refractivity contribution < 1.29 is 4.79 Å². The predicted octanol–water partition coefficient (Wildman–Crippen LogP) is -0.526. The molecule has 5 N–H and O–H groups in total. The summed E-state index contributed by atoms with van der Waals surface area (Å²) in [5, 5.41) is 12.5. The minimum absolute atomic E-state index is 0.158. The van der Waals surface area contributed by atoms with Crippen molar-refractivity contribution in [2.45, 2.75) is 18.9 Å². The van der Waals surface area contributed by atoms with Crippen molar-refractivity contribution in [2.75, 3.05) is 18.8 Å². The van der Waals surface area contributed by atoms with Crippen LogP contribution in [-0.4, -0.2) is 35.2 Å². The number of aromatic amines is 1. The Morgan fingerprint density at radius 1 is 1.53 bits per heavy atom. The number of piperidine rings is 1. The van der Waals surface area contributed by atoms with Crippen molar-refractivity contribution in [1.29, 1.82) is 0 Å². The molecular formula is C9H15N5O. The van der Waals surface area contributed by atoms with Crippen LogP contribution < -0.4 is 16.4 Å². The fourth-order valence-electron chi connectivity index (χ4n) is 1.68. The molecule has 1 saturated heterocycles. The van der Waals surface area contributed by atoms with E-state index in [0.29, 0.717) is 11.5 Å². The summed E-state index contributed by atoms with van der Waals surface area (Å²) in [5.74, 6) is 0.250. The maximum absolute atomic E-state index is 11.7. The van der Waals surface area contributed by atoms with Crippen molar-refractivity contribution in [3.8, 4) is 0 Å². The fourth-order valence-corrected chi connectivity index (χ4v) is 1.68. The molecule has 15 heavy (non-hydrogen) atoms. The van der Waals surface area contributed by atoms with E-state index in [9.17, 15) is 4.79 Å². The van der Waals surface area contributed by atoms with Crippen LogP contribution in [0, 0.1) is 0 Å². The molecule has 1 amide bonds. The van der Waals surface area contributed by atoms with E-state index in [-0.39, 0.29) is 11.9 Å². The van der Waals surface area contributed by atoms with Crippen LogP contribution in [0.3, 0.4) is 0 Å². The standard InChI is InChI=1S/C9H15N5O/c10-8-5-7(13-14-8)9(15)12-6-1-3-11-4-2-6/h5-6,11H,1-4H2,(H,12,15)(H3,10,13,14). The van der Waals surface area contributed by atoms with Gasteiger partial charge in [-0.3, -0.25) is 9.89 Å². The molecule has 0 radical (unpaired) electrons. The highest BCUT2D eigenvalue weighted by atomic mass is 16.2. The van der Waals surface area contributed by atoms with Crippen LogP contribution in [0.15, 0.2) is 6.07 Å². The number of nitrogen functional groups attached to an aromatic ring is 1. The van der Waals surface area contributed by atoms with Crippen LogP contribution in [0.4, 0.5) is 5.82 Å². The van der Waals surface area contributed by atoms with Gasteiger partial charge in [-0.1, -0.05) is 0 Å². The molecule has 0 spiro atoms. The number of nitrogens with two attached hydrogens (primary N) is 1. The third-order valence-corrected chi connectivity index (χ3v) is 2.50. The second-order valence-electron chi connectivity index (χ2n) is 3.71. The van der Waals surface area contributed by atoms with Crippen LogP contribution in [0.1, 0.15) is 23.3 Å². The van der Waals surface area contributed by atoms with Gasteiger partial charge in [0.05, 0.1) is 0 Å². The highest BCUT2D eigenvalue weighted by molar-refractivity contribution is 5.93.